The van der Waals surface area contributed by atoms with E-state index in [1.54, 1.807) is 12.5 Å². The number of urea groups is 1. The first-order valence-corrected chi connectivity index (χ1v) is 7.41. The SMILES string of the molecule is O=C(NCCn1ccnc1)N(C[C@@H]1CCOC1)C1CC1. The third-order valence-electron chi connectivity index (χ3n) is 3.93. The molecule has 3 rings (SSSR count). The van der Waals surface area contributed by atoms with Gasteiger partial charge in [-0.3, -0.25) is 0 Å². The highest BCUT2D eigenvalue weighted by atomic mass is 16.5. The molecule has 1 saturated carbocycles. The number of hydrogen-bond donors (Lipinski definition) is 1. The Morgan fingerprint density at radius 3 is 3.00 bits per heavy atom. The Kier molecular flexibility index (Phi) is 4.20. The Hall–Kier alpha value is -1.56. The van der Waals surface area contributed by atoms with Crippen molar-refractivity contribution in [3.8, 4) is 0 Å². The average Bonchev–Trinajstić information content (AvgIpc) is 2.93. The van der Waals surface area contributed by atoms with Crippen molar-refractivity contribution < 1.29 is 9.53 Å². The summed E-state index contributed by atoms with van der Waals surface area (Å²) in [5, 5.41) is 3.01. The van der Waals surface area contributed by atoms with Crippen molar-refractivity contribution in [3.63, 3.8) is 0 Å². The van der Waals surface area contributed by atoms with Crippen LogP contribution in [0.4, 0.5) is 4.79 Å². The maximum atomic E-state index is 12.3. The van der Waals surface area contributed by atoms with E-state index in [2.05, 4.69) is 10.3 Å². The molecule has 0 bridgehead atoms. The molecule has 1 atom stereocenters. The Labute approximate surface area is 119 Å². The number of imidazole rings is 1. The molecule has 0 spiro atoms. The fraction of sp³-hybridized carbons (Fsp3) is 0.714. The molecule has 2 aliphatic rings. The Balaban J connectivity index is 1.45. The third kappa shape index (κ3) is 3.50. The average molecular weight is 278 g/mol. The van der Waals surface area contributed by atoms with Crippen LogP contribution >= 0.6 is 0 Å². The molecule has 1 aromatic heterocycles. The van der Waals surface area contributed by atoms with Gasteiger partial charge in [0, 0.05) is 50.6 Å². The van der Waals surface area contributed by atoms with Gasteiger partial charge in [0.1, 0.15) is 0 Å². The summed E-state index contributed by atoms with van der Waals surface area (Å²) in [6.45, 7) is 3.87. The molecule has 0 unspecified atom stereocenters. The van der Waals surface area contributed by atoms with Crippen molar-refractivity contribution in [3.05, 3.63) is 18.7 Å². The first-order valence-electron chi connectivity index (χ1n) is 7.41. The molecule has 110 valence electrons. The van der Waals surface area contributed by atoms with Crippen LogP contribution in [0, 0.1) is 5.92 Å². The number of carbonyl (C=O) groups is 1. The number of hydrogen-bond acceptors (Lipinski definition) is 3. The molecule has 6 nitrogen and oxygen atoms in total. The van der Waals surface area contributed by atoms with Gasteiger partial charge in [0.05, 0.1) is 12.9 Å². The fourth-order valence-corrected chi connectivity index (χ4v) is 2.60. The zero-order chi connectivity index (χ0) is 13.8. The second-order valence-electron chi connectivity index (χ2n) is 5.65. The van der Waals surface area contributed by atoms with Crippen LogP contribution < -0.4 is 5.32 Å². The summed E-state index contributed by atoms with van der Waals surface area (Å²) in [6.07, 6.45) is 8.77. The van der Waals surface area contributed by atoms with Gasteiger partial charge in [0.25, 0.3) is 0 Å². The zero-order valence-electron chi connectivity index (χ0n) is 11.7. The first kappa shape index (κ1) is 13.4. The summed E-state index contributed by atoms with van der Waals surface area (Å²) < 4.78 is 7.36. The van der Waals surface area contributed by atoms with Gasteiger partial charge in [-0.25, -0.2) is 9.78 Å². The zero-order valence-corrected chi connectivity index (χ0v) is 11.7. The highest BCUT2D eigenvalue weighted by Gasteiger charge is 2.34. The van der Waals surface area contributed by atoms with Crippen LogP contribution in [-0.4, -0.2) is 52.8 Å². The van der Waals surface area contributed by atoms with E-state index in [0.29, 0.717) is 18.5 Å². The lowest BCUT2D eigenvalue weighted by atomic mass is 10.1. The lowest BCUT2D eigenvalue weighted by molar-refractivity contribution is 0.162. The molecule has 1 N–H and O–H groups in total. The Morgan fingerprint density at radius 2 is 2.35 bits per heavy atom. The van der Waals surface area contributed by atoms with E-state index in [4.69, 9.17) is 4.74 Å². The third-order valence-corrected chi connectivity index (χ3v) is 3.93. The Morgan fingerprint density at radius 1 is 1.45 bits per heavy atom. The van der Waals surface area contributed by atoms with Crippen LogP contribution in [0.15, 0.2) is 18.7 Å². The first-order chi connectivity index (χ1) is 9.83. The second kappa shape index (κ2) is 6.26. The molecular formula is C14H22N4O2. The monoisotopic (exact) mass is 278 g/mol. The maximum absolute atomic E-state index is 12.3. The molecule has 1 aliphatic carbocycles. The normalized spacial score (nSPS) is 21.9. The van der Waals surface area contributed by atoms with Gasteiger partial charge in [-0.2, -0.15) is 0 Å². The summed E-state index contributed by atoms with van der Waals surface area (Å²) in [5.74, 6) is 0.509. The van der Waals surface area contributed by atoms with E-state index < -0.39 is 0 Å². The second-order valence-corrected chi connectivity index (χ2v) is 5.65. The van der Waals surface area contributed by atoms with Crippen molar-refractivity contribution in [1.82, 2.24) is 19.8 Å². The number of carbonyl (C=O) groups excluding carboxylic acids is 1. The summed E-state index contributed by atoms with van der Waals surface area (Å²) in [6, 6.07) is 0.517. The highest BCUT2D eigenvalue weighted by molar-refractivity contribution is 5.74. The molecule has 2 heterocycles. The predicted molar refractivity (Wildman–Crippen MR) is 74.3 cm³/mol. The molecule has 6 heteroatoms. The van der Waals surface area contributed by atoms with Gasteiger partial charge in [-0.15, -0.1) is 0 Å². The standard InChI is InChI=1S/C14H22N4O2/c19-14(16-5-7-17-6-4-15-11-17)18(13-1-2-13)9-12-3-8-20-10-12/h4,6,11-13H,1-3,5,7-10H2,(H,16,19)/t12-/m0/s1. The van der Waals surface area contributed by atoms with Gasteiger partial charge in [-0.05, 0) is 19.3 Å². The van der Waals surface area contributed by atoms with Gasteiger partial charge in [0.15, 0.2) is 0 Å². The van der Waals surface area contributed by atoms with Gasteiger partial charge in [0.2, 0.25) is 0 Å². The van der Waals surface area contributed by atoms with E-state index in [9.17, 15) is 4.79 Å². The van der Waals surface area contributed by atoms with Crippen LogP contribution in [0.1, 0.15) is 19.3 Å². The molecular weight excluding hydrogens is 256 g/mol. The van der Waals surface area contributed by atoms with Crippen molar-refractivity contribution in [2.75, 3.05) is 26.3 Å². The van der Waals surface area contributed by atoms with E-state index in [1.165, 1.54) is 0 Å². The lowest BCUT2D eigenvalue weighted by Crippen LogP contribution is -2.44. The number of rotatable bonds is 6. The summed E-state index contributed by atoms with van der Waals surface area (Å²) in [5.41, 5.74) is 0. The Bertz CT molecular complexity index is 424. The summed E-state index contributed by atoms with van der Waals surface area (Å²) in [4.78, 5) is 18.3. The van der Waals surface area contributed by atoms with Crippen LogP contribution in [0.2, 0.25) is 0 Å². The molecule has 0 aromatic carbocycles. The van der Waals surface area contributed by atoms with Crippen LogP contribution in [0.3, 0.4) is 0 Å². The number of aromatic nitrogens is 2. The van der Waals surface area contributed by atoms with E-state index in [1.807, 2.05) is 15.7 Å². The minimum atomic E-state index is 0.0690. The number of amides is 2. The van der Waals surface area contributed by atoms with Crippen molar-refractivity contribution in [2.24, 2.45) is 5.92 Å². The minimum absolute atomic E-state index is 0.0690. The van der Waals surface area contributed by atoms with Crippen LogP contribution in [0.25, 0.3) is 0 Å². The molecule has 0 radical (unpaired) electrons. The van der Waals surface area contributed by atoms with E-state index in [0.717, 1.165) is 45.6 Å². The quantitative estimate of drug-likeness (QED) is 0.847. The van der Waals surface area contributed by atoms with Crippen molar-refractivity contribution >= 4 is 6.03 Å². The smallest absolute Gasteiger partial charge is 0.317 e. The molecule has 20 heavy (non-hydrogen) atoms. The molecule has 2 fully saturated rings. The van der Waals surface area contributed by atoms with Gasteiger partial charge >= 0.3 is 6.03 Å². The summed E-state index contributed by atoms with van der Waals surface area (Å²) >= 11 is 0. The highest BCUT2D eigenvalue weighted by Crippen LogP contribution is 2.28. The topological polar surface area (TPSA) is 59.4 Å². The number of ether oxygens (including phenoxy) is 1. The van der Waals surface area contributed by atoms with Gasteiger partial charge in [-0.1, -0.05) is 0 Å². The largest absolute Gasteiger partial charge is 0.381 e. The minimum Gasteiger partial charge on any atom is -0.381 e. The number of nitrogens with one attached hydrogen (secondary N) is 1. The van der Waals surface area contributed by atoms with E-state index >= 15 is 0 Å². The van der Waals surface area contributed by atoms with Crippen LogP contribution in [0.5, 0.6) is 0 Å². The lowest BCUT2D eigenvalue weighted by Gasteiger charge is -2.25. The maximum Gasteiger partial charge on any atom is 0.317 e. The summed E-state index contributed by atoms with van der Waals surface area (Å²) in [7, 11) is 0. The molecule has 1 saturated heterocycles. The number of nitrogens with zero attached hydrogens (tertiary/aromatic N) is 3. The van der Waals surface area contributed by atoms with Gasteiger partial charge < -0.3 is 19.5 Å². The van der Waals surface area contributed by atoms with E-state index in [-0.39, 0.29) is 6.03 Å². The molecule has 1 aromatic rings. The predicted octanol–water partition coefficient (Wildman–Crippen LogP) is 1.09. The van der Waals surface area contributed by atoms with Crippen LogP contribution in [-0.2, 0) is 11.3 Å². The van der Waals surface area contributed by atoms with Crippen molar-refractivity contribution in [2.45, 2.75) is 31.8 Å². The fourth-order valence-electron chi connectivity index (χ4n) is 2.60. The molecule has 2 amide bonds. The van der Waals surface area contributed by atoms with Crippen molar-refractivity contribution in [1.29, 1.82) is 0 Å². The molecule has 1 aliphatic heterocycles.